The van der Waals surface area contributed by atoms with Crippen molar-refractivity contribution in [2.24, 2.45) is 5.92 Å². The molecule has 8 nitrogen and oxygen atoms in total. The van der Waals surface area contributed by atoms with Crippen LogP contribution in [0.15, 0.2) is 11.6 Å². The first kappa shape index (κ1) is 21.7. The van der Waals surface area contributed by atoms with Crippen LogP contribution in [-0.4, -0.2) is 60.9 Å². The van der Waals surface area contributed by atoms with E-state index in [0.717, 1.165) is 18.9 Å². The second-order valence-corrected chi connectivity index (χ2v) is 7.84. The lowest BCUT2D eigenvalue weighted by Gasteiger charge is -2.44. The normalized spacial score (nSPS) is 39.6. The van der Waals surface area contributed by atoms with E-state index in [1.807, 2.05) is 6.92 Å². The van der Waals surface area contributed by atoms with Crippen molar-refractivity contribution in [2.45, 2.75) is 89.9 Å². The number of alkyl halides is 1. The number of halogens is 1. The van der Waals surface area contributed by atoms with Crippen molar-refractivity contribution in [1.82, 2.24) is 0 Å². The zero-order chi connectivity index (χ0) is 21.3. The van der Waals surface area contributed by atoms with E-state index in [2.05, 4.69) is 0 Å². The highest BCUT2D eigenvalue weighted by molar-refractivity contribution is 5.84. The molecule has 0 aromatic carbocycles. The molecule has 9 heteroatoms. The van der Waals surface area contributed by atoms with Gasteiger partial charge in [-0.15, -0.1) is 0 Å². The quantitative estimate of drug-likeness (QED) is 0.509. The van der Waals surface area contributed by atoms with Gasteiger partial charge in [0.15, 0.2) is 24.7 Å². The van der Waals surface area contributed by atoms with Crippen molar-refractivity contribution in [3.05, 3.63) is 11.6 Å². The van der Waals surface area contributed by atoms with E-state index in [4.69, 9.17) is 23.7 Å². The van der Waals surface area contributed by atoms with Crippen LogP contribution < -0.4 is 0 Å². The number of carbonyl (C=O) groups excluding carboxylic acids is 3. The predicted molar refractivity (Wildman–Crippen MR) is 96.2 cm³/mol. The van der Waals surface area contributed by atoms with E-state index in [0.29, 0.717) is 12.8 Å². The largest absolute Gasteiger partial charge is 0.458 e. The van der Waals surface area contributed by atoms with E-state index in [1.165, 1.54) is 19.9 Å². The Bertz CT molecular complexity index is 692. The molecular formula is C20H27FO8. The summed E-state index contributed by atoms with van der Waals surface area (Å²) in [7, 11) is 0. The predicted octanol–water partition coefficient (Wildman–Crippen LogP) is 1.99. The molecule has 1 aliphatic carbocycles. The van der Waals surface area contributed by atoms with Gasteiger partial charge in [0.25, 0.3) is 0 Å². The summed E-state index contributed by atoms with van der Waals surface area (Å²) in [4.78, 5) is 34.7. The minimum atomic E-state index is -1.68. The van der Waals surface area contributed by atoms with Gasteiger partial charge in [-0.2, -0.15) is 0 Å². The van der Waals surface area contributed by atoms with Gasteiger partial charge in [-0.3, -0.25) is 9.59 Å². The lowest BCUT2D eigenvalue weighted by molar-refractivity contribution is -0.304. The van der Waals surface area contributed by atoms with Gasteiger partial charge in [-0.25, -0.2) is 9.18 Å². The van der Waals surface area contributed by atoms with Crippen molar-refractivity contribution in [2.75, 3.05) is 0 Å². The van der Waals surface area contributed by atoms with E-state index in [-0.39, 0.29) is 24.1 Å². The van der Waals surface area contributed by atoms with Crippen molar-refractivity contribution in [1.29, 1.82) is 0 Å². The van der Waals surface area contributed by atoms with Crippen molar-refractivity contribution >= 4 is 17.9 Å². The van der Waals surface area contributed by atoms with Gasteiger partial charge in [-0.05, 0) is 26.7 Å². The van der Waals surface area contributed by atoms with Crippen molar-refractivity contribution in [3.8, 4) is 0 Å². The topological polar surface area (TPSA) is 97.4 Å². The van der Waals surface area contributed by atoms with Crippen LogP contribution in [0.25, 0.3) is 0 Å². The van der Waals surface area contributed by atoms with Gasteiger partial charge in [0.2, 0.25) is 0 Å². The van der Waals surface area contributed by atoms with Crippen molar-refractivity contribution in [3.63, 3.8) is 0 Å². The Kier molecular flexibility index (Phi) is 6.58. The first-order valence-corrected chi connectivity index (χ1v) is 9.84. The lowest BCUT2D eigenvalue weighted by atomic mass is 9.79. The Balaban J connectivity index is 1.73. The van der Waals surface area contributed by atoms with Gasteiger partial charge in [-0.1, -0.05) is 5.57 Å². The van der Waals surface area contributed by atoms with Crippen molar-refractivity contribution < 1.29 is 42.5 Å². The summed E-state index contributed by atoms with van der Waals surface area (Å²) >= 11 is 0. The van der Waals surface area contributed by atoms with Crippen LogP contribution in [0.2, 0.25) is 0 Å². The number of ether oxygens (including phenoxy) is 5. The molecule has 0 spiro atoms. The number of rotatable bonds is 4. The van der Waals surface area contributed by atoms with E-state index >= 15 is 0 Å². The Morgan fingerprint density at radius 1 is 1.14 bits per heavy atom. The summed E-state index contributed by atoms with van der Waals surface area (Å²) in [5, 5.41) is 0. The Hall–Kier alpha value is -2.00. The molecule has 162 valence electrons. The molecule has 0 radical (unpaired) electrons. The smallest absolute Gasteiger partial charge is 0.330 e. The number of hydrogen-bond donors (Lipinski definition) is 0. The average Bonchev–Trinajstić information content (AvgIpc) is 2.61. The highest BCUT2D eigenvalue weighted by Gasteiger charge is 2.51. The van der Waals surface area contributed by atoms with Gasteiger partial charge < -0.3 is 23.7 Å². The minimum Gasteiger partial charge on any atom is -0.458 e. The summed E-state index contributed by atoms with van der Waals surface area (Å²) in [6, 6.07) is 0. The third kappa shape index (κ3) is 4.95. The molecule has 2 aliphatic heterocycles. The summed E-state index contributed by atoms with van der Waals surface area (Å²) in [6.07, 6.45) is -3.56. The number of hydrogen-bond acceptors (Lipinski definition) is 8. The lowest BCUT2D eigenvalue weighted by Crippen LogP contribution is -2.59. The minimum absolute atomic E-state index is 0.145. The van der Waals surface area contributed by atoms with E-state index in [1.54, 1.807) is 0 Å². The first-order chi connectivity index (χ1) is 13.7. The molecule has 1 saturated heterocycles. The van der Waals surface area contributed by atoms with Crippen LogP contribution in [0, 0.1) is 5.92 Å². The first-order valence-electron chi connectivity index (χ1n) is 9.84. The maximum absolute atomic E-state index is 14.6. The van der Waals surface area contributed by atoms with Gasteiger partial charge in [0, 0.05) is 32.3 Å². The molecule has 8 atom stereocenters. The van der Waals surface area contributed by atoms with Crippen LogP contribution in [0.1, 0.15) is 47.0 Å². The average molecular weight is 414 g/mol. The fraction of sp³-hybridized carbons (Fsp3) is 0.750. The summed E-state index contributed by atoms with van der Waals surface area (Å²) in [5.41, 5.74) is 0.986. The second-order valence-electron chi connectivity index (χ2n) is 7.84. The standard InChI is InChI=1S/C20H27FO8/c1-9-7-16(24)29-15-8-13(5-6-14(9)15)28-20-19(27-12(4)23)18(26-11(3)22)17(21)10(2)25-20/h7,10,13-15,17-20H,5-6,8H2,1-4H3/t10-,13?,14?,15?,17+,18+,19-,20-/m0/s1. The highest BCUT2D eigenvalue weighted by Crippen LogP contribution is 2.38. The molecule has 0 amide bonds. The summed E-state index contributed by atoms with van der Waals surface area (Å²) in [5.74, 6) is -1.59. The number of fused-ring (bicyclic) bond motifs is 1. The Morgan fingerprint density at radius 3 is 2.45 bits per heavy atom. The maximum Gasteiger partial charge on any atom is 0.330 e. The molecule has 3 aliphatic rings. The van der Waals surface area contributed by atoms with E-state index < -0.39 is 42.7 Å². The summed E-state index contributed by atoms with van der Waals surface area (Å²) < 4.78 is 42.0. The molecule has 3 unspecified atom stereocenters. The molecular weight excluding hydrogens is 387 g/mol. The fourth-order valence-corrected chi connectivity index (χ4v) is 4.25. The molecule has 0 N–H and O–H groups in total. The number of carbonyl (C=O) groups is 3. The van der Waals surface area contributed by atoms with Gasteiger partial charge >= 0.3 is 17.9 Å². The SMILES string of the molecule is CC(=O)O[C@@H]1[C@H](OC2CCC3C(C)=CC(=O)OC3C2)O[C@@H](C)[C@@H](F)[C@H]1OC(C)=O. The zero-order valence-electron chi connectivity index (χ0n) is 17.0. The molecule has 3 rings (SSSR count). The molecule has 2 fully saturated rings. The van der Waals surface area contributed by atoms with Crippen LogP contribution in [-0.2, 0) is 38.1 Å². The summed E-state index contributed by atoms with van der Waals surface area (Å²) in [6.45, 7) is 5.74. The maximum atomic E-state index is 14.6. The zero-order valence-corrected chi connectivity index (χ0v) is 17.0. The van der Waals surface area contributed by atoms with Gasteiger partial charge in [0.1, 0.15) is 6.10 Å². The monoisotopic (exact) mass is 414 g/mol. The molecule has 1 saturated carbocycles. The Morgan fingerprint density at radius 2 is 1.79 bits per heavy atom. The second kappa shape index (κ2) is 8.79. The fourth-order valence-electron chi connectivity index (χ4n) is 4.25. The van der Waals surface area contributed by atoms with E-state index in [9.17, 15) is 18.8 Å². The highest BCUT2D eigenvalue weighted by atomic mass is 19.1. The van der Waals surface area contributed by atoms with Crippen LogP contribution >= 0.6 is 0 Å². The molecule has 29 heavy (non-hydrogen) atoms. The third-order valence-corrected chi connectivity index (χ3v) is 5.58. The molecule has 0 aromatic rings. The Labute approximate surface area is 168 Å². The molecule has 2 heterocycles. The number of esters is 3. The molecule has 0 bridgehead atoms. The molecule has 0 aromatic heterocycles. The van der Waals surface area contributed by atoms with Crippen LogP contribution in [0.4, 0.5) is 4.39 Å². The van der Waals surface area contributed by atoms with Crippen LogP contribution in [0.5, 0.6) is 0 Å². The van der Waals surface area contributed by atoms with Crippen LogP contribution in [0.3, 0.4) is 0 Å². The third-order valence-electron chi connectivity index (χ3n) is 5.58. The van der Waals surface area contributed by atoms with Gasteiger partial charge in [0.05, 0.1) is 12.2 Å².